The van der Waals surface area contributed by atoms with Crippen molar-refractivity contribution >= 4 is 23.1 Å². The van der Waals surface area contributed by atoms with Gasteiger partial charge in [-0.1, -0.05) is 17.7 Å². The molecular formula is C19H16ClF2N3O3. The number of aromatic nitrogens is 3. The molecule has 1 saturated carbocycles. The first-order valence-corrected chi connectivity index (χ1v) is 9.07. The minimum atomic E-state index is -3.02. The first-order valence-electron chi connectivity index (χ1n) is 8.69. The zero-order valence-corrected chi connectivity index (χ0v) is 15.8. The summed E-state index contributed by atoms with van der Waals surface area (Å²) < 4.78 is 30.0. The predicted molar refractivity (Wildman–Crippen MR) is 99.6 cm³/mol. The topological polar surface area (TPSA) is 76.6 Å². The molecule has 28 heavy (non-hydrogen) atoms. The number of benzene rings is 1. The lowest BCUT2D eigenvalue weighted by molar-refractivity contribution is 0.0688. The molecule has 1 N–H and O–H groups in total. The second-order valence-electron chi connectivity index (χ2n) is 6.91. The summed E-state index contributed by atoms with van der Waals surface area (Å²) in [5, 5.41) is 14.0. The normalized spacial score (nSPS) is 17.8. The fourth-order valence-electron chi connectivity index (χ4n) is 3.54. The summed E-state index contributed by atoms with van der Waals surface area (Å²) in [5.41, 5.74) is 0.622. The van der Waals surface area contributed by atoms with E-state index in [0.29, 0.717) is 16.3 Å². The third kappa shape index (κ3) is 2.71. The molecule has 4 rings (SSSR count). The first-order chi connectivity index (χ1) is 13.2. The number of nitrogens with zero attached hydrogens (tertiary/aromatic N) is 3. The number of fused-ring (bicyclic) bond motifs is 1. The first kappa shape index (κ1) is 18.6. The van der Waals surface area contributed by atoms with Gasteiger partial charge in [-0.25, -0.2) is 18.1 Å². The van der Waals surface area contributed by atoms with Crippen LogP contribution in [-0.2, 0) is 6.54 Å². The molecule has 1 fully saturated rings. The molecular weight excluding hydrogens is 392 g/mol. The summed E-state index contributed by atoms with van der Waals surface area (Å²) in [6.07, 6.45) is 1.01. The molecule has 1 aromatic carbocycles. The molecule has 3 aromatic rings. The molecule has 9 heteroatoms. The quantitative estimate of drug-likeness (QED) is 0.710. The van der Waals surface area contributed by atoms with Gasteiger partial charge >= 0.3 is 5.97 Å². The summed E-state index contributed by atoms with van der Waals surface area (Å²) >= 11 is 6.07. The molecule has 1 aliphatic rings. The van der Waals surface area contributed by atoms with Crippen LogP contribution in [0.15, 0.2) is 29.2 Å². The van der Waals surface area contributed by atoms with Crippen molar-refractivity contribution in [2.75, 3.05) is 0 Å². The number of carboxylic acid groups (broad SMARTS) is 1. The Morgan fingerprint density at radius 1 is 1.43 bits per heavy atom. The minimum absolute atomic E-state index is 0.115. The summed E-state index contributed by atoms with van der Waals surface area (Å²) in [7, 11) is 0. The van der Waals surface area contributed by atoms with E-state index in [1.165, 1.54) is 10.8 Å². The Labute approximate surface area is 163 Å². The van der Waals surface area contributed by atoms with E-state index in [1.807, 2.05) is 6.92 Å². The van der Waals surface area contributed by atoms with Crippen LogP contribution in [0.5, 0.6) is 0 Å². The van der Waals surface area contributed by atoms with Gasteiger partial charge in [0, 0.05) is 29.1 Å². The van der Waals surface area contributed by atoms with E-state index in [1.54, 1.807) is 25.1 Å². The van der Waals surface area contributed by atoms with Gasteiger partial charge < -0.3 is 9.67 Å². The Morgan fingerprint density at radius 3 is 2.64 bits per heavy atom. The molecule has 1 atom stereocenters. The van der Waals surface area contributed by atoms with Crippen molar-refractivity contribution in [3.8, 4) is 11.3 Å². The highest BCUT2D eigenvalue weighted by atomic mass is 35.5. The molecule has 6 nitrogen and oxygen atoms in total. The zero-order chi connectivity index (χ0) is 20.4. The van der Waals surface area contributed by atoms with Crippen LogP contribution < -0.4 is 5.56 Å². The zero-order valence-electron chi connectivity index (χ0n) is 15.0. The van der Waals surface area contributed by atoms with E-state index < -0.39 is 35.5 Å². The largest absolute Gasteiger partial charge is 0.476 e. The monoisotopic (exact) mass is 407 g/mol. The molecule has 0 saturated heterocycles. The molecule has 2 heterocycles. The maximum atomic E-state index is 13.7. The van der Waals surface area contributed by atoms with Crippen molar-refractivity contribution in [3.05, 3.63) is 56.6 Å². The second kappa shape index (κ2) is 6.13. The van der Waals surface area contributed by atoms with Crippen LogP contribution in [0.3, 0.4) is 0 Å². The average molecular weight is 408 g/mol. The third-order valence-electron chi connectivity index (χ3n) is 5.08. The number of carbonyl (C=O) groups is 1. The van der Waals surface area contributed by atoms with Crippen molar-refractivity contribution < 1.29 is 18.7 Å². The van der Waals surface area contributed by atoms with Crippen LogP contribution in [0, 0.1) is 6.92 Å². The van der Waals surface area contributed by atoms with Gasteiger partial charge in [0.25, 0.3) is 11.5 Å². The van der Waals surface area contributed by atoms with Gasteiger partial charge in [-0.05, 0) is 31.5 Å². The van der Waals surface area contributed by atoms with Crippen molar-refractivity contribution in [2.24, 2.45) is 0 Å². The van der Waals surface area contributed by atoms with E-state index in [0.717, 1.165) is 10.1 Å². The van der Waals surface area contributed by atoms with Gasteiger partial charge in [-0.2, -0.15) is 5.10 Å². The molecule has 1 unspecified atom stereocenters. The Hall–Kier alpha value is -2.74. The van der Waals surface area contributed by atoms with Crippen molar-refractivity contribution in [1.29, 1.82) is 0 Å². The molecule has 0 radical (unpaired) electrons. The number of aromatic carboxylic acids is 1. The fraction of sp³-hybridized carbons (Fsp3) is 0.316. The van der Waals surface area contributed by atoms with Crippen LogP contribution in [0.25, 0.3) is 16.8 Å². The van der Waals surface area contributed by atoms with Gasteiger partial charge in [-0.3, -0.25) is 4.79 Å². The maximum absolute atomic E-state index is 13.7. The molecule has 0 amide bonds. The van der Waals surface area contributed by atoms with E-state index in [9.17, 15) is 23.5 Å². The number of alkyl halides is 2. The van der Waals surface area contributed by atoms with Crippen LogP contribution in [-0.4, -0.2) is 31.2 Å². The van der Waals surface area contributed by atoms with Gasteiger partial charge in [-0.15, -0.1) is 0 Å². The number of aryl methyl sites for hydroxylation is 1. The maximum Gasteiger partial charge on any atom is 0.356 e. The number of rotatable bonds is 4. The predicted octanol–water partition coefficient (Wildman–Crippen LogP) is 3.97. The number of carboxylic acids is 1. The van der Waals surface area contributed by atoms with Crippen molar-refractivity contribution in [1.82, 2.24) is 14.2 Å². The Balaban J connectivity index is 2.04. The Bertz CT molecular complexity index is 1200. The molecule has 0 spiro atoms. The van der Waals surface area contributed by atoms with E-state index >= 15 is 0 Å². The van der Waals surface area contributed by atoms with Gasteiger partial charge in [0.15, 0.2) is 5.69 Å². The lowest BCUT2D eigenvalue weighted by Gasteiger charge is -2.13. The number of halogens is 3. The van der Waals surface area contributed by atoms with Gasteiger partial charge in [0.05, 0.1) is 17.8 Å². The highest BCUT2D eigenvalue weighted by molar-refractivity contribution is 6.31. The second-order valence-corrected chi connectivity index (χ2v) is 7.31. The van der Waals surface area contributed by atoms with Crippen LogP contribution >= 0.6 is 11.6 Å². The number of hydrogen-bond donors (Lipinski definition) is 1. The lowest BCUT2D eigenvalue weighted by Crippen LogP contribution is -2.24. The van der Waals surface area contributed by atoms with Crippen LogP contribution in [0.4, 0.5) is 8.78 Å². The average Bonchev–Trinajstić information content (AvgIpc) is 3.09. The molecule has 146 valence electrons. The smallest absolute Gasteiger partial charge is 0.356 e. The van der Waals surface area contributed by atoms with Gasteiger partial charge in [0.1, 0.15) is 5.52 Å². The molecule has 1 aliphatic carbocycles. The standard InChI is InChI=1S/C19H16ClF2N3O3/c1-3-24-13(10-4-5-12(20)9(2)6-10)8-25-16(17(24)26)14(11-7-19(11,21)22)15(23-25)18(27)28/h4-6,8,11H,3,7H2,1-2H3,(H,27,28). The van der Waals surface area contributed by atoms with E-state index in [4.69, 9.17) is 11.6 Å². The lowest BCUT2D eigenvalue weighted by atomic mass is 10.1. The number of hydrogen-bond acceptors (Lipinski definition) is 3. The SMILES string of the molecule is CCn1c(-c2ccc(Cl)c(C)c2)cn2nc(C(=O)O)c(C3CC3(F)F)c2c1=O. The highest BCUT2D eigenvalue weighted by Crippen LogP contribution is 2.57. The summed E-state index contributed by atoms with van der Waals surface area (Å²) in [4.78, 5) is 24.7. The summed E-state index contributed by atoms with van der Waals surface area (Å²) in [6, 6.07) is 5.23. The highest BCUT2D eigenvalue weighted by Gasteiger charge is 2.60. The summed E-state index contributed by atoms with van der Waals surface area (Å²) in [5.74, 6) is -5.77. The van der Waals surface area contributed by atoms with Crippen LogP contribution in [0.1, 0.15) is 40.9 Å². The molecule has 2 aromatic heterocycles. The van der Waals surface area contributed by atoms with Crippen molar-refractivity contribution in [3.63, 3.8) is 0 Å². The molecule has 0 aliphatic heterocycles. The van der Waals surface area contributed by atoms with Gasteiger partial charge in [0.2, 0.25) is 0 Å². The molecule has 0 bridgehead atoms. The van der Waals surface area contributed by atoms with Crippen molar-refractivity contribution in [2.45, 2.75) is 38.7 Å². The van der Waals surface area contributed by atoms with Crippen LogP contribution in [0.2, 0.25) is 5.02 Å². The van der Waals surface area contributed by atoms with E-state index in [-0.39, 0.29) is 17.6 Å². The summed E-state index contributed by atoms with van der Waals surface area (Å²) in [6.45, 7) is 3.85. The minimum Gasteiger partial charge on any atom is -0.476 e. The Morgan fingerprint density at radius 2 is 2.11 bits per heavy atom. The van der Waals surface area contributed by atoms with E-state index in [2.05, 4.69) is 5.10 Å². The fourth-order valence-corrected chi connectivity index (χ4v) is 3.66. The third-order valence-corrected chi connectivity index (χ3v) is 5.50. The Kier molecular flexibility index (Phi) is 4.08.